The van der Waals surface area contributed by atoms with E-state index in [9.17, 15) is 18.8 Å². The second-order valence-corrected chi connectivity index (χ2v) is 7.48. The number of aryl methyl sites for hydroxylation is 1. The molecule has 3 rings (SSSR count). The first-order valence-electron chi connectivity index (χ1n) is 9.22. The average Bonchev–Trinajstić information content (AvgIpc) is 2.69. The third-order valence-corrected chi connectivity index (χ3v) is 5.35. The maximum absolute atomic E-state index is 14.0. The van der Waals surface area contributed by atoms with Crippen LogP contribution in [0.25, 0.3) is 0 Å². The maximum atomic E-state index is 14.0. The first-order chi connectivity index (χ1) is 13.8. The smallest absolute Gasteiger partial charge is 0.260 e. The van der Waals surface area contributed by atoms with Crippen molar-refractivity contribution in [2.45, 2.75) is 19.8 Å². The Balaban J connectivity index is 1.82. The van der Waals surface area contributed by atoms with Crippen LogP contribution in [0.5, 0.6) is 0 Å². The molecule has 0 bridgehead atoms. The summed E-state index contributed by atoms with van der Waals surface area (Å²) in [4.78, 5) is 38.5. The summed E-state index contributed by atoms with van der Waals surface area (Å²) in [5.41, 5.74) is 6.56. The van der Waals surface area contributed by atoms with Crippen LogP contribution in [0.1, 0.15) is 39.1 Å². The van der Waals surface area contributed by atoms with Crippen LogP contribution in [0.4, 0.5) is 10.1 Å². The molecule has 1 heterocycles. The zero-order valence-corrected chi connectivity index (χ0v) is 16.6. The number of hydrogen-bond donors (Lipinski definition) is 2. The number of halogens is 2. The Bertz CT molecular complexity index is 959. The third-order valence-electron chi connectivity index (χ3n) is 5.03. The fraction of sp³-hybridized carbons (Fsp3) is 0.286. The van der Waals surface area contributed by atoms with Gasteiger partial charge in [-0.15, -0.1) is 0 Å². The number of hydrogen-bond acceptors (Lipinski definition) is 3. The Morgan fingerprint density at radius 2 is 2.00 bits per heavy atom. The zero-order valence-electron chi connectivity index (χ0n) is 15.9. The van der Waals surface area contributed by atoms with Crippen LogP contribution in [0.3, 0.4) is 0 Å². The summed E-state index contributed by atoms with van der Waals surface area (Å²) in [6.07, 6.45) is 1.36. The first kappa shape index (κ1) is 20.8. The molecule has 0 spiro atoms. The van der Waals surface area contributed by atoms with Gasteiger partial charge in [0, 0.05) is 24.3 Å². The molecule has 152 valence electrons. The minimum atomic E-state index is -0.731. The van der Waals surface area contributed by atoms with E-state index in [-0.39, 0.29) is 29.0 Å². The van der Waals surface area contributed by atoms with Gasteiger partial charge in [0.25, 0.3) is 11.8 Å². The van der Waals surface area contributed by atoms with Gasteiger partial charge in [0.15, 0.2) is 0 Å². The Labute approximate surface area is 172 Å². The Morgan fingerprint density at radius 3 is 2.69 bits per heavy atom. The van der Waals surface area contributed by atoms with E-state index in [4.69, 9.17) is 17.3 Å². The molecule has 0 aromatic heterocycles. The quantitative estimate of drug-likeness (QED) is 0.798. The molecule has 3 N–H and O–H groups in total. The molecule has 1 unspecified atom stereocenters. The van der Waals surface area contributed by atoms with Crippen LogP contribution in [-0.4, -0.2) is 35.7 Å². The van der Waals surface area contributed by atoms with Gasteiger partial charge in [-0.05, 0) is 49.6 Å². The first-order valence-corrected chi connectivity index (χ1v) is 9.60. The summed E-state index contributed by atoms with van der Waals surface area (Å²) in [7, 11) is 0. The maximum Gasteiger partial charge on any atom is 0.260 e. The highest BCUT2D eigenvalue weighted by atomic mass is 35.5. The highest BCUT2D eigenvalue weighted by Crippen LogP contribution is 2.24. The van der Waals surface area contributed by atoms with Gasteiger partial charge in [0.2, 0.25) is 5.91 Å². The number of piperidine rings is 1. The lowest BCUT2D eigenvalue weighted by Gasteiger charge is -2.31. The summed E-state index contributed by atoms with van der Waals surface area (Å²) >= 11 is 5.95. The van der Waals surface area contributed by atoms with Crippen molar-refractivity contribution in [3.63, 3.8) is 0 Å². The summed E-state index contributed by atoms with van der Waals surface area (Å²) in [5.74, 6) is -2.46. The van der Waals surface area contributed by atoms with Crippen molar-refractivity contribution in [1.82, 2.24) is 4.90 Å². The molecule has 3 amide bonds. The molecular formula is C21H21ClFN3O3. The number of carbonyl (C=O) groups is 3. The lowest BCUT2D eigenvalue weighted by atomic mass is 9.96. The number of anilines is 1. The molecule has 1 fully saturated rings. The highest BCUT2D eigenvalue weighted by Gasteiger charge is 2.28. The van der Waals surface area contributed by atoms with Gasteiger partial charge in [-0.3, -0.25) is 14.4 Å². The SMILES string of the molecule is Cc1ccc(C(=O)N2CCCC(C(N)=O)C2)cc1NC(=O)c1c(F)cccc1Cl. The lowest BCUT2D eigenvalue weighted by molar-refractivity contribution is -0.123. The minimum Gasteiger partial charge on any atom is -0.369 e. The summed E-state index contributed by atoms with van der Waals surface area (Å²) < 4.78 is 14.0. The molecule has 2 aromatic carbocycles. The van der Waals surface area contributed by atoms with E-state index in [1.54, 1.807) is 24.0 Å². The monoisotopic (exact) mass is 417 g/mol. The van der Waals surface area contributed by atoms with Gasteiger partial charge in [-0.1, -0.05) is 23.7 Å². The minimum absolute atomic E-state index is 0.00167. The number of nitrogens with zero attached hydrogens (tertiary/aromatic N) is 1. The Morgan fingerprint density at radius 1 is 1.24 bits per heavy atom. The Hall–Kier alpha value is -2.93. The van der Waals surface area contributed by atoms with E-state index in [0.29, 0.717) is 36.2 Å². The van der Waals surface area contributed by atoms with Gasteiger partial charge < -0.3 is 16.0 Å². The molecule has 1 aliphatic rings. The molecule has 0 saturated carbocycles. The van der Waals surface area contributed by atoms with Crippen LogP contribution in [0, 0.1) is 18.7 Å². The summed E-state index contributed by atoms with van der Waals surface area (Å²) in [6.45, 7) is 2.56. The van der Waals surface area contributed by atoms with E-state index in [2.05, 4.69) is 5.32 Å². The molecule has 1 aliphatic heterocycles. The predicted molar refractivity (Wildman–Crippen MR) is 108 cm³/mol. The molecule has 1 saturated heterocycles. The van der Waals surface area contributed by atoms with E-state index in [1.165, 1.54) is 18.2 Å². The number of nitrogens with one attached hydrogen (secondary N) is 1. The lowest BCUT2D eigenvalue weighted by Crippen LogP contribution is -2.44. The zero-order chi connectivity index (χ0) is 21.1. The van der Waals surface area contributed by atoms with Crippen molar-refractivity contribution < 1.29 is 18.8 Å². The predicted octanol–water partition coefficient (Wildman–Crippen LogP) is 3.38. The van der Waals surface area contributed by atoms with Crippen molar-refractivity contribution in [3.8, 4) is 0 Å². The molecular weight excluding hydrogens is 397 g/mol. The fourth-order valence-electron chi connectivity index (χ4n) is 3.37. The molecule has 29 heavy (non-hydrogen) atoms. The standard InChI is InChI=1S/C21H21ClFN3O3/c1-12-7-8-13(21(29)26-9-3-4-14(11-26)19(24)27)10-17(12)25-20(28)18-15(22)5-2-6-16(18)23/h2,5-8,10,14H,3-4,9,11H2,1H3,(H2,24,27)(H,25,28). The van der Waals surface area contributed by atoms with E-state index >= 15 is 0 Å². The number of nitrogens with two attached hydrogens (primary N) is 1. The van der Waals surface area contributed by atoms with Gasteiger partial charge in [0.05, 0.1) is 16.5 Å². The Kier molecular flexibility index (Phi) is 6.17. The van der Waals surface area contributed by atoms with Gasteiger partial charge >= 0.3 is 0 Å². The fourth-order valence-corrected chi connectivity index (χ4v) is 3.61. The van der Waals surface area contributed by atoms with Crippen LogP contribution in [0.15, 0.2) is 36.4 Å². The largest absolute Gasteiger partial charge is 0.369 e. The van der Waals surface area contributed by atoms with Gasteiger partial charge in [0.1, 0.15) is 5.82 Å². The van der Waals surface area contributed by atoms with E-state index < -0.39 is 17.6 Å². The average molecular weight is 418 g/mol. The van der Waals surface area contributed by atoms with Crippen molar-refractivity contribution >= 4 is 35.0 Å². The topological polar surface area (TPSA) is 92.5 Å². The third kappa shape index (κ3) is 4.56. The molecule has 0 aliphatic carbocycles. The normalized spacial score (nSPS) is 16.4. The van der Waals surface area contributed by atoms with Crippen LogP contribution < -0.4 is 11.1 Å². The molecule has 1 atom stereocenters. The van der Waals surface area contributed by atoms with Crippen molar-refractivity contribution in [2.75, 3.05) is 18.4 Å². The van der Waals surface area contributed by atoms with Gasteiger partial charge in [-0.2, -0.15) is 0 Å². The number of carbonyl (C=O) groups excluding carboxylic acids is 3. The number of primary amides is 1. The van der Waals surface area contributed by atoms with Crippen molar-refractivity contribution in [2.24, 2.45) is 11.7 Å². The van der Waals surface area contributed by atoms with Crippen LogP contribution >= 0.6 is 11.6 Å². The van der Waals surface area contributed by atoms with Gasteiger partial charge in [-0.25, -0.2) is 4.39 Å². The second kappa shape index (κ2) is 8.61. The number of benzene rings is 2. The molecule has 0 radical (unpaired) electrons. The van der Waals surface area contributed by atoms with E-state index in [0.717, 1.165) is 6.07 Å². The number of rotatable bonds is 4. The number of likely N-dealkylation sites (tertiary alicyclic amines) is 1. The van der Waals surface area contributed by atoms with Crippen molar-refractivity contribution in [1.29, 1.82) is 0 Å². The highest BCUT2D eigenvalue weighted by molar-refractivity contribution is 6.34. The molecule has 2 aromatic rings. The van der Waals surface area contributed by atoms with Crippen LogP contribution in [-0.2, 0) is 4.79 Å². The van der Waals surface area contributed by atoms with Crippen LogP contribution in [0.2, 0.25) is 5.02 Å². The summed E-state index contributed by atoms with van der Waals surface area (Å²) in [5, 5.41) is 2.62. The molecule has 6 nitrogen and oxygen atoms in total. The molecule has 8 heteroatoms. The van der Waals surface area contributed by atoms with E-state index in [1.807, 2.05) is 0 Å². The van der Waals surface area contributed by atoms with Crippen molar-refractivity contribution in [3.05, 3.63) is 63.9 Å². The number of amides is 3. The summed E-state index contributed by atoms with van der Waals surface area (Å²) in [6, 6.07) is 8.88. The second-order valence-electron chi connectivity index (χ2n) is 7.07.